The first-order valence-electron chi connectivity index (χ1n) is 6.26. The lowest BCUT2D eigenvalue weighted by atomic mass is 10.2. The van der Waals surface area contributed by atoms with Gasteiger partial charge in [0.15, 0.2) is 5.82 Å². The van der Waals surface area contributed by atoms with Gasteiger partial charge in [-0.15, -0.1) is 0 Å². The molecule has 8 heteroatoms. The summed E-state index contributed by atoms with van der Waals surface area (Å²) in [5.74, 6) is 1.04. The first kappa shape index (κ1) is 13.9. The summed E-state index contributed by atoms with van der Waals surface area (Å²) in [5.41, 5.74) is 0.371. The van der Waals surface area contributed by atoms with E-state index in [-0.39, 0.29) is 11.6 Å². The van der Waals surface area contributed by atoms with Crippen molar-refractivity contribution in [1.82, 2.24) is 15.1 Å². The summed E-state index contributed by atoms with van der Waals surface area (Å²) in [5, 5.41) is 14.9. The van der Waals surface area contributed by atoms with E-state index in [0.717, 1.165) is 0 Å². The van der Waals surface area contributed by atoms with Crippen LogP contribution in [0.15, 0.2) is 16.8 Å². The Morgan fingerprint density at radius 3 is 2.60 bits per heavy atom. The Bertz CT molecular complexity index is 621. The fourth-order valence-corrected chi connectivity index (χ4v) is 1.88. The van der Waals surface area contributed by atoms with Crippen molar-refractivity contribution in [3.05, 3.63) is 28.2 Å². The van der Waals surface area contributed by atoms with Crippen LogP contribution in [0.3, 0.4) is 0 Å². The molecule has 0 fully saturated rings. The third kappa shape index (κ3) is 2.58. The number of pyridine rings is 1. The lowest BCUT2D eigenvalue weighted by Gasteiger charge is -2.19. The smallest absolute Gasteiger partial charge is 0.312 e. The highest BCUT2D eigenvalue weighted by molar-refractivity contribution is 5.66. The molecule has 0 aliphatic carbocycles. The summed E-state index contributed by atoms with van der Waals surface area (Å²) >= 11 is 0. The van der Waals surface area contributed by atoms with Gasteiger partial charge in [0.05, 0.1) is 10.5 Å². The number of hydrogen-bond donors (Lipinski definition) is 0. The number of aromatic nitrogens is 3. The van der Waals surface area contributed by atoms with E-state index in [4.69, 9.17) is 4.52 Å². The summed E-state index contributed by atoms with van der Waals surface area (Å²) < 4.78 is 5.00. The lowest BCUT2D eigenvalue weighted by Crippen LogP contribution is -2.24. The fourth-order valence-electron chi connectivity index (χ4n) is 1.88. The Morgan fingerprint density at radius 2 is 2.10 bits per heavy atom. The van der Waals surface area contributed by atoms with E-state index in [1.807, 2.05) is 18.7 Å². The molecule has 0 saturated heterocycles. The molecule has 0 aromatic carbocycles. The molecule has 2 rings (SSSR count). The molecular formula is C12H15N5O3. The van der Waals surface area contributed by atoms with Crippen molar-refractivity contribution >= 4 is 11.5 Å². The molecule has 8 nitrogen and oxygen atoms in total. The van der Waals surface area contributed by atoms with Gasteiger partial charge in [-0.3, -0.25) is 10.1 Å². The fraction of sp³-hybridized carbons (Fsp3) is 0.417. The minimum absolute atomic E-state index is 0.0675. The van der Waals surface area contributed by atoms with Crippen molar-refractivity contribution in [1.29, 1.82) is 0 Å². The zero-order valence-electron chi connectivity index (χ0n) is 11.5. The van der Waals surface area contributed by atoms with Crippen LogP contribution in [0.4, 0.5) is 11.5 Å². The predicted molar refractivity (Wildman–Crippen MR) is 72.5 cm³/mol. The summed E-state index contributed by atoms with van der Waals surface area (Å²) in [6, 6.07) is 1.41. The van der Waals surface area contributed by atoms with Crippen molar-refractivity contribution < 1.29 is 9.45 Å². The first-order valence-corrected chi connectivity index (χ1v) is 6.26. The second-order valence-corrected chi connectivity index (χ2v) is 4.14. The molecule has 0 saturated carbocycles. The predicted octanol–water partition coefficient (Wildman–Crippen LogP) is 2.19. The van der Waals surface area contributed by atoms with Gasteiger partial charge < -0.3 is 9.42 Å². The number of anilines is 1. The van der Waals surface area contributed by atoms with E-state index in [9.17, 15) is 10.1 Å². The van der Waals surface area contributed by atoms with Gasteiger partial charge in [0.1, 0.15) is 0 Å². The van der Waals surface area contributed by atoms with Crippen LogP contribution in [0.1, 0.15) is 19.7 Å². The number of hydrogen-bond acceptors (Lipinski definition) is 7. The molecule has 0 amide bonds. The maximum atomic E-state index is 11.2. The van der Waals surface area contributed by atoms with Gasteiger partial charge in [-0.25, -0.2) is 4.98 Å². The minimum Gasteiger partial charge on any atom is -0.351 e. The third-order valence-corrected chi connectivity index (χ3v) is 2.88. The van der Waals surface area contributed by atoms with Crippen LogP contribution < -0.4 is 4.90 Å². The zero-order chi connectivity index (χ0) is 14.7. The molecule has 0 aliphatic rings. The van der Waals surface area contributed by atoms with E-state index in [1.165, 1.54) is 12.3 Å². The number of aryl methyl sites for hydroxylation is 1. The Kier molecular flexibility index (Phi) is 3.92. The first-order chi connectivity index (χ1) is 9.56. The number of nitrogens with zero attached hydrogens (tertiary/aromatic N) is 5. The van der Waals surface area contributed by atoms with Crippen LogP contribution in [0.25, 0.3) is 11.5 Å². The Balaban J connectivity index is 2.50. The average Bonchev–Trinajstić information content (AvgIpc) is 2.87. The average molecular weight is 277 g/mol. The lowest BCUT2D eigenvalue weighted by molar-refractivity contribution is -0.384. The highest BCUT2D eigenvalue weighted by Gasteiger charge is 2.22. The molecule has 0 radical (unpaired) electrons. The number of nitro groups is 1. The summed E-state index contributed by atoms with van der Waals surface area (Å²) in [4.78, 5) is 20.8. The molecule has 0 spiro atoms. The molecule has 0 unspecified atom stereocenters. The zero-order valence-corrected chi connectivity index (χ0v) is 11.5. The Morgan fingerprint density at radius 1 is 1.40 bits per heavy atom. The van der Waals surface area contributed by atoms with Crippen LogP contribution in [0.2, 0.25) is 0 Å². The van der Waals surface area contributed by atoms with E-state index in [1.54, 1.807) is 6.92 Å². The maximum absolute atomic E-state index is 11.2. The van der Waals surface area contributed by atoms with Gasteiger partial charge in [-0.1, -0.05) is 5.16 Å². The Labute approximate surface area is 115 Å². The van der Waals surface area contributed by atoms with Crippen molar-refractivity contribution in [3.8, 4) is 11.5 Å². The second kappa shape index (κ2) is 5.64. The molecule has 2 aromatic rings. The largest absolute Gasteiger partial charge is 0.351 e. The molecule has 20 heavy (non-hydrogen) atoms. The SMILES string of the molecule is CCN(CC)c1ncc(-c2nc(C)no2)cc1[N+](=O)[O-]. The van der Waals surface area contributed by atoms with Crippen molar-refractivity contribution in [2.24, 2.45) is 0 Å². The third-order valence-electron chi connectivity index (χ3n) is 2.88. The highest BCUT2D eigenvalue weighted by atomic mass is 16.6. The topological polar surface area (TPSA) is 98.2 Å². The van der Waals surface area contributed by atoms with E-state index >= 15 is 0 Å². The molecule has 0 atom stereocenters. The summed E-state index contributed by atoms with van der Waals surface area (Å²) in [6.45, 7) is 6.81. The van der Waals surface area contributed by atoms with Crippen molar-refractivity contribution in [2.45, 2.75) is 20.8 Å². The van der Waals surface area contributed by atoms with Crippen LogP contribution in [-0.4, -0.2) is 33.1 Å². The normalized spacial score (nSPS) is 10.6. The maximum Gasteiger partial charge on any atom is 0.312 e. The molecule has 106 valence electrons. The quantitative estimate of drug-likeness (QED) is 0.610. The van der Waals surface area contributed by atoms with Gasteiger partial charge in [0, 0.05) is 25.4 Å². The molecule has 0 bridgehead atoms. The highest BCUT2D eigenvalue weighted by Crippen LogP contribution is 2.30. The van der Waals surface area contributed by atoms with Crippen LogP contribution in [0, 0.1) is 17.0 Å². The Hall–Kier alpha value is -2.51. The standard InChI is InChI=1S/C12H15N5O3/c1-4-16(5-2)11-10(17(18)19)6-9(7-13-11)12-14-8(3)15-20-12/h6-7H,4-5H2,1-3H3. The van der Waals surface area contributed by atoms with E-state index < -0.39 is 4.92 Å². The summed E-state index contributed by atoms with van der Waals surface area (Å²) in [7, 11) is 0. The van der Waals surface area contributed by atoms with Gasteiger partial charge in [0.2, 0.25) is 5.82 Å². The van der Waals surface area contributed by atoms with Gasteiger partial charge in [-0.05, 0) is 20.8 Å². The molecule has 0 aliphatic heterocycles. The molecule has 0 N–H and O–H groups in total. The van der Waals surface area contributed by atoms with Crippen molar-refractivity contribution in [3.63, 3.8) is 0 Å². The van der Waals surface area contributed by atoms with Crippen LogP contribution in [-0.2, 0) is 0 Å². The van der Waals surface area contributed by atoms with Crippen LogP contribution >= 0.6 is 0 Å². The number of rotatable bonds is 5. The monoisotopic (exact) mass is 277 g/mol. The minimum atomic E-state index is -0.451. The molecule has 2 aromatic heterocycles. The van der Waals surface area contributed by atoms with Crippen molar-refractivity contribution in [2.75, 3.05) is 18.0 Å². The molecular weight excluding hydrogens is 262 g/mol. The van der Waals surface area contributed by atoms with Gasteiger partial charge in [0.25, 0.3) is 5.89 Å². The van der Waals surface area contributed by atoms with Gasteiger partial charge in [-0.2, -0.15) is 4.98 Å². The van der Waals surface area contributed by atoms with E-state index in [2.05, 4.69) is 15.1 Å². The van der Waals surface area contributed by atoms with Gasteiger partial charge >= 0.3 is 5.69 Å². The second-order valence-electron chi connectivity index (χ2n) is 4.14. The summed E-state index contributed by atoms with van der Waals surface area (Å²) in [6.07, 6.45) is 1.51. The van der Waals surface area contributed by atoms with E-state index in [0.29, 0.717) is 30.3 Å². The van der Waals surface area contributed by atoms with Crippen LogP contribution in [0.5, 0.6) is 0 Å². The molecule has 2 heterocycles.